The average Bonchev–Trinajstić information content (AvgIpc) is 3.07. The molecule has 5 rings (SSSR count). The highest BCUT2D eigenvalue weighted by Gasteiger charge is 2.27. The molecule has 2 N–H and O–H groups in total. The van der Waals surface area contributed by atoms with Crippen LogP contribution in [-0.4, -0.2) is 43.4 Å². The Bertz CT molecular complexity index is 1100. The van der Waals surface area contributed by atoms with Crippen molar-refractivity contribution in [2.45, 2.75) is 57.1 Å². The van der Waals surface area contributed by atoms with Gasteiger partial charge in [0.2, 0.25) is 5.88 Å². The van der Waals surface area contributed by atoms with Gasteiger partial charge in [-0.1, -0.05) is 6.07 Å². The molecule has 7 heteroatoms. The molecule has 0 bridgehead atoms. The minimum atomic E-state index is -0.921. The van der Waals surface area contributed by atoms with E-state index in [9.17, 15) is 15.0 Å². The number of hydrogen-bond acceptors (Lipinski definition) is 5. The van der Waals surface area contributed by atoms with Gasteiger partial charge in [0.25, 0.3) is 0 Å². The number of carboxylic acid groups (broad SMARTS) is 1. The molecule has 1 saturated heterocycles. The van der Waals surface area contributed by atoms with Crippen molar-refractivity contribution in [3.8, 4) is 5.88 Å². The first-order chi connectivity index (χ1) is 15.1. The second-order valence-corrected chi connectivity index (χ2v) is 8.77. The zero-order chi connectivity index (χ0) is 21.4. The molecule has 1 atom stereocenters. The number of aromatic nitrogens is 3. The lowest BCUT2D eigenvalue weighted by Gasteiger charge is -2.30. The molecule has 31 heavy (non-hydrogen) atoms. The molecule has 3 heterocycles. The molecular weight excluding hydrogens is 394 g/mol. The summed E-state index contributed by atoms with van der Waals surface area (Å²) in [5.74, 6) is 1.11. The highest BCUT2D eigenvalue weighted by Crippen LogP contribution is 2.37. The van der Waals surface area contributed by atoms with Crippen molar-refractivity contribution in [1.29, 1.82) is 0 Å². The fourth-order valence-electron chi connectivity index (χ4n) is 4.88. The first-order valence-corrected chi connectivity index (χ1v) is 11.1. The third kappa shape index (κ3) is 4.14. The van der Waals surface area contributed by atoms with E-state index in [1.165, 1.54) is 0 Å². The quantitative estimate of drug-likeness (QED) is 0.621. The van der Waals surface area contributed by atoms with Crippen LogP contribution in [0, 0.1) is 5.92 Å². The number of rotatable bonds is 6. The highest BCUT2D eigenvalue weighted by atomic mass is 16.5. The number of hydrogen-bond donors (Lipinski definition) is 2. The van der Waals surface area contributed by atoms with Crippen molar-refractivity contribution in [2.24, 2.45) is 5.92 Å². The van der Waals surface area contributed by atoms with Gasteiger partial charge in [0.1, 0.15) is 5.82 Å². The minimum absolute atomic E-state index is 0.0901. The molecule has 2 fully saturated rings. The molecule has 2 aliphatic rings. The summed E-state index contributed by atoms with van der Waals surface area (Å²) < 4.78 is 7.83. The minimum Gasteiger partial charge on any atom is -0.493 e. The second kappa shape index (κ2) is 8.30. The van der Waals surface area contributed by atoms with E-state index in [2.05, 4.69) is 9.55 Å². The lowest BCUT2D eigenvalue weighted by atomic mass is 9.79. The third-order valence-electron chi connectivity index (χ3n) is 6.75. The van der Waals surface area contributed by atoms with Gasteiger partial charge in [0, 0.05) is 30.7 Å². The number of imidazole rings is 1. The molecule has 0 spiro atoms. The summed E-state index contributed by atoms with van der Waals surface area (Å²) in [6, 6.07) is 10.6. The van der Waals surface area contributed by atoms with E-state index in [1.807, 2.05) is 18.2 Å². The van der Waals surface area contributed by atoms with Crippen LogP contribution in [0.5, 0.6) is 5.88 Å². The SMILES string of the molecule is O=C(O)c1ccc2nc(CC3CCC(c4cccc(O)n4)CC3)n(C[C@@H]3CCO3)c2c1. The number of benzene rings is 1. The van der Waals surface area contributed by atoms with Crippen LogP contribution in [0.3, 0.4) is 0 Å². The lowest BCUT2D eigenvalue weighted by molar-refractivity contribution is -0.0590. The smallest absolute Gasteiger partial charge is 0.335 e. The zero-order valence-corrected chi connectivity index (χ0v) is 17.4. The van der Waals surface area contributed by atoms with Crippen LogP contribution in [-0.2, 0) is 17.7 Å². The fraction of sp³-hybridized carbons (Fsp3) is 0.458. The summed E-state index contributed by atoms with van der Waals surface area (Å²) in [5.41, 5.74) is 2.99. The molecule has 3 aromatic rings. The van der Waals surface area contributed by atoms with Crippen molar-refractivity contribution >= 4 is 17.0 Å². The van der Waals surface area contributed by atoms with Crippen molar-refractivity contribution in [3.05, 3.63) is 53.5 Å². The largest absolute Gasteiger partial charge is 0.493 e. The normalized spacial score (nSPS) is 23.5. The monoisotopic (exact) mass is 421 g/mol. The topological polar surface area (TPSA) is 97.5 Å². The van der Waals surface area contributed by atoms with E-state index in [4.69, 9.17) is 9.72 Å². The highest BCUT2D eigenvalue weighted by molar-refractivity contribution is 5.92. The molecule has 1 aromatic carbocycles. The zero-order valence-electron chi connectivity index (χ0n) is 17.4. The first-order valence-electron chi connectivity index (χ1n) is 11.1. The summed E-state index contributed by atoms with van der Waals surface area (Å²) in [4.78, 5) is 20.6. The molecule has 0 unspecified atom stereocenters. The maximum atomic E-state index is 11.5. The Morgan fingerprint density at radius 3 is 2.58 bits per heavy atom. The summed E-state index contributed by atoms with van der Waals surface area (Å²) in [7, 11) is 0. The van der Waals surface area contributed by atoms with Crippen molar-refractivity contribution in [1.82, 2.24) is 14.5 Å². The van der Waals surface area contributed by atoms with Gasteiger partial charge >= 0.3 is 5.97 Å². The number of aromatic hydroxyl groups is 1. The number of ether oxygens (including phenoxy) is 1. The molecule has 0 amide bonds. The molecule has 1 saturated carbocycles. The van der Waals surface area contributed by atoms with Crippen molar-refractivity contribution in [3.63, 3.8) is 0 Å². The number of fused-ring (bicyclic) bond motifs is 1. The molecular formula is C24H27N3O4. The number of nitrogens with zero attached hydrogens (tertiary/aromatic N) is 3. The van der Waals surface area contributed by atoms with Gasteiger partial charge in [-0.2, -0.15) is 0 Å². The van der Waals surface area contributed by atoms with Crippen LogP contribution in [0.15, 0.2) is 36.4 Å². The molecule has 1 aliphatic heterocycles. The number of pyridine rings is 1. The Balaban J connectivity index is 1.35. The van der Waals surface area contributed by atoms with Gasteiger partial charge in [-0.25, -0.2) is 14.8 Å². The van der Waals surface area contributed by atoms with E-state index in [-0.39, 0.29) is 17.5 Å². The lowest BCUT2D eigenvalue weighted by Crippen LogP contribution is -2.32. The van der Waals surface area contributed by atoms with Gasteiger partial charge in [-0.05, 0) is 62.3 Å². The maximum Gasteiger partial charge on any atom is 0.335 e. The van der Waals surface area contributed by atoms with Gasteiger partial charge in [0.15, 0.2) is 0 Å². The molecule has 7 nitrogen and oxygen atoms in total. The Hall–Kier alpha value is -2.93. The summed E-state index contributed by atoms with van der Waals surface area (Å²) >= 11 is 0. The second-order valence-electron chi connectivity index (χ2n) is 8.77. The van der Waals surface area contributed by atoms with Crippen LogP contribution in [0.25, 0.3) is 11.0 Å². The van der Waals surface area contributed by atoms with Crippen molar-refractivity contribution in [2.75, 3.05) is 6.61 Å². The summed E-state index contributed by atoms with van der Waals surface area (Å²) in [5, 5.41) is 19.1. The molecule has 0 radical (unpaired) electrons. The van der Waals surface area contributed by atoms with Crippen LogP contribution < -0.4 is 0 Å². The van der Waals surface area contributed by atoms with Gasteiger partial charge in [0.05, 0.1) is 29.2 Å². The Labute approximate surface area is 180 Å². The Morgan fingerprint density at radius 1 is 1.10 bits per heavy atom. The third-order valence-corrected chi connectivity index (χ3v) is 6.75. The van der Waals surface area contributed by atoms with Crippen LogP contribution in [0.4, 0.5) is 0 Å². The van der Waals surface area contributed by atoms with E-state index in [1.54, 1.807) is 18.2 Å². The summed E-state index contributed by atoms with van der Waals surface area (Å²) in [6.45, 7) is 1.51. The number of carboxylic acids is 1. The standard InChI is InChI=1S/C24H27N3O4/c28-23-3-1-2-19(26-23)16-6-4-15(5-7-16)12-22-25-20-9-8-17(24(29)30)13-21(20)27(22)14-18-10-11-31-18/h1-3,8-9,13,15-16,18H,4-7,10-12,14H2,(H,26,28)(H,29,30)/t15?,16?,18-/m0/s1. The van der Waals surface area contributed by atoms with E-state index >= 15 is 0 Å². The van der Waals surface area contributed by atoms with Gasteiger partial charge < -0.3 is 19.5 Å². The Morgan fingerprint density at radius 2 is 1.90 bits per heavy atom. The van der Waals surface area contributed by atoms with Gasteiger partial charge in [-0.3, -0.25) is 0 Å². The Kier molecular flexibility index (Phi) is 5.36. The average molecular weight is 421 g/mol. The fourth-order valence-corrected chi connectivity index (χ4v) is 4.88. The predicted molar refractivity (Wildman–Crippen MR) is 115 cm³/mol. The maximum absolute atomic E-state index is 11.5. The molecule has 1 aliphatic carbocycles. The molecule has 162 valence electrons. The van der Waals surface area contributed by atoms with Crippen LogP contribution >= 0.6 is 0 Å². The van der Waals surface area contributed by atoms with Crippen LogP contribution in [0.2, 0.25) is 0 Å². The van der Waals surface area contributed by atoms with Crippen molar-refractivity contribution < 1.29 is 19.7 Å². The van der Waals surface area contributed by atoms with E-state index in [0.29, 0.717) is 11.8 Å². The number of aromatic carboxylic acids is 1. The first kappa shape index (κ1) is 20.0. The van der Waals surface area contributed by atoms with Crippen LogP contribution in [0.1, 0.15) is 59.9 Å². The van der Waals surface area contributed by atoms with Gasteiger partial charge in [-0.15, -0.1) is 0 Å². The summed E-state index contributed by atoms with van der Waals surface area (Å²) in [6.07, 6.45) is 6.37. The van der Waals surface area contributed by atoms with E-state index < -0.39 is 5.97 Å². The number of carbonyl (C=O) groups is 1. The van der Waals surface area contributed by atoms with E-state index in [0.717, 1.165) is 74.2 Å². The molecule has 2 aromatic heterocycles. The predicted octanol–water partition coefficient (Wildman–Crippen LogP) is 4.14.